The predicted octanol–water partition coefficient (Wildman–Crippen LogP) is 2.18. The molecule has 0 heterocycles. The number of nitrogen functional groups attached to an aromatic ring is 1. The minimum atomic E-state index is -0.719. The molecule has 1 fully saturated rings. The summed E-state index contributed by atoms with van der Waals surface area (Å²) in [5, 5.41) is 13.3. The van der Waals surface area contributed by atoms with Crippen molar-refractivity contribution in [2.24, 2.45) is 0 Å². The van der Waals surface area contributed by atoms with Crippen molar-refractivity contribution in [1.82, 2.24) is 5.32 Å². The van der Waals surface area contributed by atoms with Gasteiger partial charge in [-0.25, -0.2) is 0 Å². The van der Waals surface area contributed by atoms with Crippen molar-refractivity contribution in [1.29, 1.82) is 0 Å². The lowest BCUT2D eigenvalue weighted by Crippen LogP contribution is -2.45. The number of nitrogens with one attached hydrogen (secondary N) is 1. The van der Waals surface area contributed by atoms with Gasteiger partial charge in [0.25, 0.3) is 0 Å². The zero-order valence-corrected chi connectivity index (χ0v) is 12.1. The van der Waals surface area contributed by atoms with Gasteiger partial charge in [0, 0.05) is 12.2 Å². The average Bonchev–Trinajstić information content (AvgIpc) is 2.45. The summed E-state index contributed by atoms with van der Waals surface area (Å²) in [5.74, 6) is -0.319. The van der Waals surface area contributed by atoms with Gasteiger partial charge < -0.3 is 16.2 Å². The fourth-order valence-electron chi connectivity index (χ4n) is 2.77. The van der Waals surface area contributed by atoms with Gasteiger partial charge in [-0.3, -0.25) is 4.79 Å². The summed E-state index contributed by atoms with van der Waals surface area (Å²) in [5.41, 5.74) is 6.58. The van der Waals surface area contributed by atoms with Crippen molar-refractivity contribution in [3.63, 3.8) is 0 Å². The molecule has 0 saturated heterocycles. The van der Waals surface area contributed by atoms with E-state index in [4.69, 9.17) is 5.73 Å². The third-order valence-electron chi connectivity index (χ3n) is 4.18. The van der Waals surface area contributed by atoms with Gasteiger partial charge in [0.2, 0.25) is 5.91 Å². The Balaban J connectivity index is 1.91. The molecule has 1 aromatic rings. The molecular weight excluding hydrogens is 252 g/mol. The number of carbonyl (C=O) groups is 1. The van der Waals surface area contributed by atoms with Gasteiger partial charge in [0.1, 0.15) is 0 Å². The van der Waals surface area contributed by atoms with Gasteiger partial charge in [0.15, 0.2) is 0 Å². The molecule has 1 atom stereocenters. The standard InChI is InChI=1S/C16H24N2O2/c1-12(13-6-5-7-14(17)10-13)15(19)18-11-16(20)8-3-2-4-9-16/h5-7,10,12,20H,2-4,8-9,11,17H2,1H3,(H,18,19). The van der Waals surface area contributed by atoms with Crippen molar-refractivity contribution in [2.45, 2.75) is 50.5 Å². The van der Waals surface area contributed by atoms with Crippen LogP contribution in [-0.2, 0) is 4.79 Å². The van der Waals surface area contributed by atoms with E-state index in [1.807, 2.05) is 25.1 Å². The first-order valence-corrected chi connectivity index (χ1v) is 7.36. The Kier molecular flexibility index (Phi) is 4.65. The smallest absolute Gasteiger partial charge is 0.227 e. The second kappa shape index (κ2) is 6.27. The van der Waals surface area contributed by atoms with Crippen LogP contribution in [0.25, 0.3) is 0 Å². The molecule has 0 radical (unpaired) electrons. The summed E-state index contributed by atoms with van der Waals surface area (Å²) in [4.78, 5) is 12.2. The zero-order chi connectivity index (χ0) is 14.6. The Morgan fingerprint density at radius 3 is 2.75 bits per heavy atom. The third kappa shape index (κ3) is 3.73. The largest absolute Gasteiger partial charge is 0.399 e. The van der Waals surface area contributed by atoms with Crippen LogP contribution < -0.4 is 11.1 Å². The molecule has 4 nitrogen and oxygen atoms in total. The minimum absolute atomic E-state index is 0.0606. The molecule has 1 unspecified atom stereocenters. The Hall–Kier alpha value is -1.55. The fraction of sp³-hybridized carbons (Fsp3) is 0.562. The zero-order valence-electron chi connectivity index (χ0n) is 12.1. The summed E-state index contributed by atoms with van der Waals surface area (Å²) in [7, 11) is 0. The molecule has 20 heavy (non-hydrogen) atoms. The maximum Gasteiger partial charge on any atom is 0.227 e. The highest BCUT2D eigenvalue weighted by atomic mass is 16.3. The quantitative estimate of drug-likeness (QED) is 0.738. The van der Waals surface area contributed by atoms with Crippen LogP contribution in [0.15, 0.2) is 24.3 Å². The maximum absolute atomic E-state index is 12.2. The first kappa shape index (κ1) is 14.9. The molecule has 2 rings (SSSR count). The highest BCUT2D eigenvalue weighted by Gasteiger charge is 2.30. The van der Waals surface area contributed by atoms with Crippen molar-refractivity contribution in [2.75, 3.05) is 12.3 Å². The minimum Gasteiger partial charge on any atom is -0.399 e. The molecule has 4 N–H and O–H groups in total. The molecule has 1 aliphatic rings. The van der Waals surface area contributed by atoms with Crippen LogP contribution in [0, 0.1) is 0 Å². The van der Waals surface area contributed by atoms with Crippen LogP contribution in [0.2, 0.25) is 0 Å². The normalized spacial score (nSPS) is 19.3. The molecule has 0 spiro atoms. The molecule has 1 aromatic carbocycles. The van der Waals surface area contributed by atoms with E-state index < -0.39 is 5.60 Å². The molecule has 1 saturated carbocycles. The van der Waals surface area contributed by atoms with Gasteiger partial charge in [-0.15, -0.1) is 0 Å². The van der Waals surface area contributed by atoms with E-state index in [0.29, 0.717) is 12.2 Å². The van der Waals surface area contributed by atoms with Gasteiger partial charge in [0.05, 0.1) is 11.5 Å². The van der Waals surface area contributed by atoms with Crippen LogP contribution in [0.1, 0.15) is 50.5 Å². The molecule has 0 aliphatic heterocycles. The van der Waals surface area contributed by atoms with Gasteiger partial charge in [-0.2, -0.15) is 0 Å². The van der Waals surface area contributed by atoms with Crippen LogP contribution >= 0.6 is 0 Å². The number of benzene rings is 1. The van der Waals surface area contributed by atoms with Gasteiger partial charge in [-0.1, -0.05) is 31.4 Å². The number of hydrogen-bond donors (Lipinski definition) is 3. The van der Waals surface area contributed by atoms with Gasteiger partial charge >= 0.3 is 0 Å². The van der Waals surface area contributed by atoms with E-state index in [0.717, 1.165) is 31.2 Å². The Morgan fingerprint density at radius 1 is 1.40 bits per heavy atom. The van der Waals surface area contributed by atoms with Crippen LogP contribution in [0.3, 0.4) is 0 Å². The van der Waals surface area contributed by atoms with Crippen molar-refractivity contribution < 1.29 is 9.90 Å². The SMILES string of the molecule is CC(C(=O)NCC1(O)CCCCC1)c1cccc(N)c1. The first-order chi connectivity index (χ1) is 9.50. The number of nitrogens with two attached hydrogens (primary N) is 1. The number of anilines is 1. The van der Waals surface area contributed by atoms with E-state index in [9.17, 15) is 9.90 Å². The van der Waals surface area contributed by atoms with Crippen LogP contribution in [0.4, 0.5) is 5.69 Å². The molecule has 4 heteroatoms. The molecule has 1 aliphatic carbocycles. The number of rotatable bonds is 4. The molecule has 1 amide bonds. The third-order valence-corrected chi connectivity index (χ3v) is 4.18. The van der Waals surface area contributed by atoms with E-state index in [2.05, 4.69) is 5.32 Å². The summed E-state index contributed by atoms with van der Waals surface area (Å²) in [6.07, 6.45) is 4.81. The molecule has 0 aromatic heterocycles. The summed E-state index contributed by atoms with van der Waals surface area (Å²) in [6, 6.07) is 7.37. The summed E-state index contributed by atoms with van der Waals surface area (Å²) >= 11 is 0. The lowest BCUT2D eigenvalue weighted by atomic mass is 9.84. The van der Waals surface area contributed by atoms with Crippen molar-refractivity contribution in [3.8, 4) is 0 Å². The number of aliphatic hydroxyl groups is 1. The second-order valence-corrected chi connectivity index (χ2v) is 5.89. The molecular formula is C16H24N2O2. The topological polar surface area (TPSA) is 75.3 Å². The van der Waals surface area contributed by atoms with Gasteiger partial charge in [-0.05, 0) is 37.5 Å². The highest BCUT2D eigenvalue weighted by Crippen LogP contribution is 2.27. The number of amides is 1. The first-order valence-electron chi connectivity index (χ1n) is 7.36. The average molecular weight is 276 g/mol. The lowest BCUT2D eigenvalue weighted by Gasteiger charge is -2.32. The van der Waals surface area contributed by atoms with Crippen molar-refractivity contribution >= 4 is 11.6 Å². The molecule has 110 valence electrons. The second-order valence-electron chi connectivity index (χ2n) is 5.89. The van der Waals surface area contributed by atoms with Crippen LogP contribution in [0.5, 0.6) is 0 Å². The number of hydrogen-bond acceptors (Lipinski definition) is 3. The Morgan fingerprint density at radius 2 is 2.10 bits per heavy atom. The summed E-state index contributed by atoms with van der Waals surface area (Å²) < 4.78 is 0. The Labute approximate surface area is 120 Å². The summed E-state index contributed by atoms with van der Waals surface area (Å²) in [6.45, 7) is 2.20. The van der Waals surface area contributed by atoms with E-state index in [1.54, 1.807) is 6.07 Å². The van der Waals surface area contributed by atoms with E-state index >= 15 is 0 Å². The highest BCUT2D eigenvalue weighted by molar-refractivity contribution is 5.83. The predicted molar refractivity (Wildman–Crippen MR) is 80.3 cm³/mol. The lowest BCUT2D eigenvalue weighted by molar-refractivity contribution is -0.123. The van der Waals surface area contributed by atoms with Crippen molar-refractivity contribution in [3.05, 3.63) is 29.8 Å². The monoisotopic (exact) mass is 276 g/mol. The van der Waals surface area contributed by atoms with E-state index in [-0.39, 0.29) is 11.8 Å². The van der Waals surface area contributed by atoms with Crippen LogP contribution in [-0.4, -0.2) is 23.2 Å². The maximum atomic E-state index is 12.2. The van der Waals surface area contributed by atoms with E-state index in [1.165, 1.54) is 6.42 Å². The Bertz CT molecular complexity index is 467. The fourth-order valence-corrected chi connectivity index (χ4v) is 2.77. The number of carbonyl (C=O) groups excluding carboxylic acids is 1. The molecule has 0 bridgehead atoms.